The Balaban J connectivity index is 1.67. The van der Waals surface area contributed by atoms with E-state index in [4.69, 9.17) is 9.47 Å². The van der Waals surface area contributed by atoms with Crippen LogP contribution in [0.15, 0.2) is 83.8 Å². The molecule has 132 valence electrons. The lowest BCUT2D eigenvalue weighted by Crippen LogP contribution is -2.06. The fourth-order valence-electron chi connectivity index (χ4n) is 2.35. The van der Waals surface area contributed by atoms with Crippen LogP contribution in [0.1, 0.15) is 15.9 Å². The van der Waals surface area contributed by atoms with E-state index < -0.39 is 16.8 Å². The summed E-state index contributed by atoms with van der Waals surface area (Å²) in [7, 11) is -1.08. The van der Waals surface area contributed by atoms with Crippen molar-refractivity contribution in [3.05, 3.63) is 90.0 Å². The molecule has 0 aromatic heterocycles. The summed E-state index contributed by atoms with van der Waals surface area (Å²) >= 11 is 0. The van der Waals surface area contributed by atoms with Crippen LogP contribution in [-0.2, 0) is 22.1 Å². The highest BCUT2D eigenvalue weighted by molar-refractivity contribution is 7.84. The maximum absolute atomic E-state index is 12.2. The Bertz CT molecular complexity index is 905. The molecule has 5 heteroatoms. The van der Waals surface area contributed by atoms with Gasteiger partial charge in [0.2, 0.25) is 0 Å². The fraction of sp³-hybridized carbons (Fsp3) is 0.0952. The van der Waals surface area contributed by atoms with Crippen molar-refractivity contribution in [3.8, 4) is 11.5 Å². The lowest BCUT2D eigenvalue weighted by Gasteiger charge is -2.11. The molecule has 0 N–H and O–H groups in total. The van der Waals surface area contributed by atoms with Gasteiger partial charge in [0.25, 0.3) is 0 Å². The van der Waals surface area contributed by atoms with Crippen molar-refractivity contribution in [1.29, 1.82) is 0 Å². The molecule has 0 saturated heterocycles. The van der Waals surface area contributed by atoms with Crippen LogP contribution in [0.2, 0.25) is 0 Å². The summed E-state index contributed by atoms with van der Waals surface area (Å²) in [5.74, 6) is 0.922. The van der Waals surface area contributed by atoms with Crippen molar-refractivity contribution >= 4 is 16.8 Å². The average molecular weight is 366 g/mol. The zero-order valence-corrected chi connectivity index (χ0v) is 15.1. The molecule has 1 unspecified atom stereocenters. The number of carbonyl (C=O) groups is 1. The molecule has 3 rings (SSSR count). The minimum atomic E-state index is -1.08. The van der Waals surface area contributed by atoms with Gasteiger partial charge in [0.15, 0.2) is 0 Å². The molecule has 0 aliphatic heterocycles. The molecular formula is C21H18O4S. The van der Waals surface area contributed by atoms with Crippen LogP contribution in [0.5, 0.6) is 11.5 Å². The molecule has 0 amide bonds. The van der Waals surface area contributed by atoms with Crippen LogP contribution in [0.25, 0.3) is 0 Å². The third-order valence-corrected chi connectivity index (χ3v) is 4.66. The third kappa shape index (κ3) is 4.58. The summed E-state index contributed by atoms with van der Waals surface area (Å²) in [5.41, 5.74) is 1.19. The van der Waals surface area contributed by atoms with E-state index in [2.05, 4.69) is 0 Å². The normalized spacial score (nSPS) is 11.6. The van der Waals surface area contributed by atoms with Gasteiger partial charge in [-0.1, -0.05) is 36.4 Å². The van der Waals surface area contributed by atoms with E-state index in [9.17, 15) is 9.00 Å². The summed E-state index contributed by atoms with van der Waals surface area (Å²) < 4.78 is 22.7. The van der Waals surface area contributed by atoms with Crippen LogP contribution in [0, 0.1) is 0 Å². The van der Waals surface area contributed by atoms with Crippen LogP contribution in [0.4, 0.5) is 0 Å². The van der Waals surface area contributed by atoms with Gasteiger partial charge in [-0.15, -0.1) is 0 Å². The maximum atomic E-state index is 12.2. The third-order valence-electron chi connectivity index (χ3n) is 3.72. The largest absolute Gasteiger partial charge is 0.457 e. The van der Waals surface area contributed by atoms with Crippen molar-refractivity contribution in [3.63, 3.8) is 0 Å². The summed E-state index contributed by atoms with van der Waals surface area (Å²) in [4.78, 5) is 12.9. The first-order valence-electron chi connectivity index (χ1n) is 8.05. The van der Waals surface area contributed by atoms with Crippen molar-refractivity contribution in [2.75, 3.05) is 6.26 Å². The topological polar surface area (TPSA) is 52.6 Å². The standard InChI is InChI=1S/C21H18O4S/c1-26(23)19-13-11-16(12-14-19)21(22)24-15-17-7-5-6-10-20(17)25-18-8-3-2-4-9-18/h2-14H,15H2,1H3. The first-order chi connectivity index (χ1) is 12.6. The predicted molar refractivity (Wildman–Crippen MR) is 101 cm³/mol. The number of hydrogen-bond donors (Lipinski definition) is 0. The van der Waals surface area contributed by atoms with E-state index in [1.807, 2.05) is 54.6 Å². The highest BCUT2D eigenvalue weighted by atomic mass is 32.2. The number of para-hydroxylation sites is 2. The van der Waals surface area contributed by atoms with Gasteiger partial charge in [0, 0.05) is 27.5 Å². The van der Waals surface area contributed by atoms with E-state index in [0.29, 0.717) is 16.2 Å². The van der Waals surface area contributed by atoms with Gasteiger partial charge in [-0.05, 0) is 42.5 Å². The Morgan fingerprint density at radius 1 is 0.885 bits per heavy atom. The summed E-state index contributed by atoms with van der Waals surface area (Å²) in [6, 6.07) is 23.4. The average Bonchev–Trinajstić information content (AvgIpc) is 2.68. The van der Waals surface area contributed by atoms with Crippen LogP contribution >= 0.6 is 0 Å². The molecule has 0 aliphatic rings. The van der Waals surface area contributed by atoms with Gasteiger partial charge in [0.1, 0.15) is 18.1 Å². The molecule has 0 aliphatic carbocycles. The second kappa shape index (κ2) is 8.45. The second-order valence-electron chi connectivity index (χ2n) is 5.58. The molecule has 26 heavy (non-hydrogen) atoms. The van der Waals surface area contributed by atoms with E-state index in [1.54, 1.807) is 30.5 Å². The molecule has 3 aromatic rings. The molecule has 0 radical (unpaired) electrons. The lowest BCUT2D eigenvalue weighted by molar-refractivity contribution is 0.0470. The first-order valence-corrected chi connectivity index (χ1v) is 9.61. The Morgan fingerprint density at radius 2 is 1.54 bits per heavy atom. The number of benzene rings is 3. The summed E-state index contributed by atoms with van der Waals surface area (Å²) in [6.07, 6.45) is 1.59. The number of ether oxygens (including phenoxy) is 2. The van der Waals surface area contributed by atoms with Crippen molar-refractivity contribution in [2.24, 2.45) is 0 Å². The second-order valence-corrected chi connectivity index (χ2v) is 6.96. The highest BCUT2D eigenvalue weighted by Crippen LogP contribution is 2.25. The van der Waals surface area contributed by atoms with Crippen LogP contribution in [0.3, 0.4) is 0 Å². The smallest absolute Gasteiger partial charge is 0.338 e. The summed E-state index contributed by atoms with van der Waals surface area (Å²) in [5, 5.41) is 0. The Morgan fingerprint density at radius 3 is 2.23 bits per heavy atom. The SMILES string of the molecule is CS(=O)c1ccc(C(=O)OCc2ccccc2Oc2ccccc2)cc1. The molecule has 0 heterocycles. The van der Waals surface area contributed by atoms with E-state index >= 15 is 0 Å². The van der Waals surface area contributed by atoms with Gasteiger partial charge in [-0.2, -0.15) is 0 Å². The van der Waals surface area contributed by atoms with Crippen molar-refractivity contribution in [2.45, 2.75) is 11.5 Å². The molecule has 1 atom stereocenters. The van der Waals surface area contributed by atoms with Gasteiger partial charge in [-0.25, -0.2) is 4.79 Å². The van der Waals surface area contributed by atoms with E-state index in [0.717, 1.165) is 11.3 Å². The van der Waals surface area contributed by atoms with E-state index in [-0.39, 0.29) is 6.61 Å². The zero-order chi connectivity index (χ0) is 18.4. The molecule has 0 spiro atoms. The maximum Gasteiger partial charge on any atom is 0.338 e. The monoisotopic (exact) mass is 366 g/mol. The molecule has 4 nitrogen and oxygen atoms in total. The Hall–Kier alpha value is -2.92. The van der Waals surface area contributed by atoms with E-state index in [1.165, 1.54) is 0 Å². The minimum absolute atomic E-state index is 0.100. The quantitative estimate of drug-likeness (QED) is 0.600. The highest BCUT2D eigenvalue weighted by Gasteiger charge is 2.11. The minimum Gasteiger partial charge on any atom is -0.457 e. The predicted octanol–water partition coefficient (Wildman–Crippen LogP) is 4.57. The van der Waals surface area contributed by atoms with Gasteiger partial charge in [0.05, 0.1) is 5.56 Å². The molecule has 0 saturated carbocycles. The van der Waals surface area contributed by atoms with Gasteiger partial charge in [-0.3, -0.25) is 4.21 Å². The Labute approximate surface area is 154 Å². The molecule has 0 bridgehead atoms. The van der Waals surface area contributed by atoms with Crippen molar-refractivity contribution in [1.82, 2.24) is 0 Å². The zero-order valence-electron chi connectivity index (χ0n) is 14.3. The molecule has 0 fully saturated rings. The first kappa shape index (κ1) is 17.9. The van der Waals surface area contributed by atoms with Crippen LogP contribution in [-0.4, -0.2) is 16.4 Å². The summed E-state index contributed by atoms with van der Waals surface area (Å²) in [6.45, 7) is 0.100. The van der Waals surface area contributed by atoms with Gasteiger partial charge >= 0.3 is 5.97 Å². The van der Waals surface area contributed by atoms with Gasteiger partial charge < -0.3 is 9.47 Å². The number of hydrogen-bond acceptors (Lipinski definition) is 4. The molecular weight excluding hydrogens is 348 g/mol. The lowest BCUT2D eigenvalue weighted by atomic mass is 10.2. The Kier molecular flexibility index (Phi) is 5.81. The van der Waals surface area contributed by atoms with Crippen molar-refractivity contribution < 1.29 is 18.5 Å². The molecule has 3 aromatic carbocycles. The number of carbonyl (C=O) groups excluding carboxylic acids is 1. The van der Waals surface area contributed by atoms with Crippen LogP contribution < -0.4 is 4.74 Å². The fourth-order valence-corrected chi connectivity index (χ4v) is 2.87. The number of esters is 1. The number of rotatable bonds is 6.